The second-order valence-corrected chi connectivity index (χ2v) is 3.84. The van der Waals surface area contributed by atoms with Crippen LogP contribution in [0.1, 0.15) is 16.8 Å². The maximum absolute atomic E-state index is 4.32. The van der Waals surface area contributed by atoms with Crippen molar-refractivity contribution in [1.82, 2.24) is 10.3 Å². The molecule has 1 heterocycles. The van der Waals surface area contributed by atoms with Crippen LogP contribution in [0.2, 0.25) is 0 Å². The molecule has 0 amide bonds. The molecule has 1 aromatic carbocycles. The van der Waals surface area contributed by atoms with Crippen molar-refractivity contribution in [2.45, 2.75) is 13.0 Å². The van der Waals surface area contributed by atoms with E-state index in [1.54, 1.807) is 0 Å². The molecular formula is C14H16N2. The summed E-state index contributed by atoms with van der Waals surface area (Å²) in [5.41, 5.74) is 3.73. The Hall–Kier alpha value is -1.67. The number of aromatic nitrogens is 1. The summed E-state index contributed by atoms with van der Waals surface area (Å²) in [7, 11) is 1.96. The van der Waals surface area contributed by atoms with Crippen LogP contribution < -0.4 is 5.32 Å². The molecule has 0 aliphatic rings. The molecule has 0 atom stereocenters. The van der Waals surface area contributed by atoms with E-state index >= 15 is 0 Å². The van der Waals surface area contributed by atoms with Crippen molar-refractivity contribution in [1.29, 1.82) is 0 Å². The first-order valence-electron chi connectivity index (χ1n) is 5.51. The van der Waals surface area contributed by atoms with E-state index in [2.05, 4.69) is 40.6 Å². The number of benzene rings is 1. The van der Waals surface area contributed by atoms with Gasteiger partial charge in [0.25, 0.3) is 0 Å². The number of pyridine rings is 1. The molecular weight excluding hydrogens is 196 g/mol. The van der Waals surface area contributed by atoms with E-state index in [9.17, 15) is 0 Å². The largest absolute Gasteiger partial charge is 0.316 e. The van der Waals surface area contributed by atoms with Gasteiger partial charge in [-0.1, -0.05) is 30.3 Å². The summed E-state index contributed by atoms with van der Waals surface area (Å²) in [5, 5.41) is 3.14. The fourth-order valence-electron chi connectivity index (χ4n) is 1.69. The molecule has 2 aromatic rings. The molecule has 0 fully saturated rings. The van der Waals surface area contributed by atoms with Crippen LogP contribution in [-0.4, -0.2) is 12.0 Å². The van der Waals surface area contributed by atoms with Crippen molar-refractivity contribution in [3.05, 3.63) is 65.5 Å². The molecule has 2 heteroatoms. The summed E-state index contributed by atoms with van der Waals surface area (Å²) in [5.74, 6) is 0. The highest BCUT2D eigenvalue weighted by Crippen LogP contribution is 2.08. The van der Waals surface area contributed by atoms with E-state index in [-0.39, 0.29) is 0 Å². The quantitative estimate of drug-likeness (QED) is 0.841. The first-order chi connectivity index (χ1) is 7.88. The monoisotopic (exact) mass is 212 g/mol. The van der Waals surface area contributed by atoms with Crippen LogP contribution in [0.4, 0.5) is 0 Å². The van der Waals surface area contributed by atoms with E-state index in [1.165, 1.54) is 11.1 Å². The Morgan fingerprint density at radius 1 is 1.00 bits per heavy atom. The van der Waals surface area contributed by atoms with Crippen molar-refractivity contribution >= 4 is 0 Å². The third-order valence-electron chi connectivity index (χ3n) is 2.52. The summed E-state index contributed by atoms with van der Waals surface area (Å²) in [6.07, 6.45) is 2.74. The zero-order chi connectivity index (χ0) is 11.2. The molecule has 1 N–H and O–H groups in total. The second-order valence-electron chi connectivity index (χ2n) is 3.84. The van der Waals surface area contributed by atoms with Gasteiger partial charge in [0.15, 0.2) is 0 Å². The normalized spacial score (nSPS) is 10.3. The van der Waals surface area contributed by atoms with Gasteiger partial charge in [-0.25, -0.2) is 0 Å². The summed E-state index contributed by atoms with van der Waals surface area (Å²) < 4.78 is 0. The van der Waals surface area contributed by atoms with Gasteiger partial charge >= 0.3 is 0 Å². The molecule has 0 bridgehead atoms. The third-order valence-corrected chi connectivity index (χ3v) is 2.52. The van der Waals surface area contributed by atoms with E-state index in [0.717, 1.165) is 18.7 Å². The van der Waals surface area contributed by atoms with Crippen LogP contribution in [0.3, 0.4) is 0 Å². The minimum atomic E-state index is 0.903. The molecule has 1 aromatic heterocycles. The maximum Gasteiger partial charge on any atom is 0.0447 e. The van der Waals surface area contributed by atoms with Gasteiger partial charge in [0.05, 0.1) is 0 Å². The van der Waals surface area contributed by atoms with Gasteiger partial charge in [-0.3, -0.25) is 4.98 Å². The van der Waals surface area contributed by atoms with Crippen LogP contribution in [-0.2, 0) is 13.0 Å². The fraction of sp³-hybridized carbons (Fsp3) is 0.214. The first-order valence-corrected chi connectivity index (χ1v) is 5.51. The zero-order valence-corrected chi connectivity index (χ0v) is 9.48. The number of nitrogens with one attached hydrogen (secondary N) is 1. The highest BCUT2D eigenvalue weighted by molar-refractivity contribution is 5.26. The first kappa shape index (κ1) is 10.8. The standard InChI is InChI=1S/C14H16N2/c1-15-11-13-7-5-12(6-8-13)10-14-4-2-3-9-16-14/h2-9,15H,10-11H2,1H3. The molecule has 0 aliphatic heterocycles. The Morgan fingerprint density at radius 3 is 2.38 bits per heavy atom. The average Bonchev–Trinajstić information content (AvgIpc) is 2.33. The Morgan fingerprint density at radius 2 is 1.75 bits per heavy atom. The molecule has 0 saturated heterocycles. The fourth-order valence-corrected chi connectivity index (χ4v) is 1.69. The molecule has 0 saturated carbocycles. The SMILES string of the molecule is CNCc1ccc(Cc2ccccn2)cc1. The van der Waals surface area contributed by atoms with Crippen LogP contribution >= 0.6 is 0 Å². The summed E-state index contributed by atoms with van der Waals surface area (Å²) in [6.45, 7) is 0.921. The minimum Gasteiger partial charge on any atom is -0.316 e. The number of hydrogen-bond acceptors (Lipinski definition) is 2. The summed E-state index contributed by atoms with van der Waals surface area (Å²) >= 11 is 0. The Bertz CT molecular complexity index is 420. The Labute approximate surface area is 96.4 Å². The minimum absolute atomic E-state index is 0.903. The van der Waals surface area contributed by atoms with Crippen molar-refractivity contribution in [2.75, 3.05) is 7.05 Å². The van der Waals surface area contributed by atoms with Gasteiger partial charge in [-0.2, -0.15) is 0 Å². The lowest BCUT2D eigenvalue weighted by atomic mass is 10.1. The van der Waals surface area contributed by atoms with Gasteiger partial charge in [-0.05, 0) is 30.3 Å². The molecule has 82 valence electrons. The number of hydrogen-bond donors (Lipinski definition) is 1. The molecule has 0 aliphatic carbocycles. The molecule has 0 unspecified atom stereocenters. The van der Waals surface area contributed by atoms with Crippen LogP contribution in [0.25, 0.3) is 0 Å². The summed E-state index contributed by atoms with van der Waals surface area (Å²) in [4.78, 5) is 4.32. The second kappa shape index (κ2) is 5.42. The summed E-state index contributed by atoms with van der Waals surface area (Å²) in [6, 6.07) is 14.7. The van der Waals surface area contributed by atoms with Crippen molar-refractivity contribution < 1.29 is 0 Å². The lowest BCUT2D eigenvalue weighted by Gasteiger charge is -2.03. The van der Waals surface area contributed by atoms with E-state index in [4.69, 9.17) is 0 Å². The molecule has 2 rings (SSSR count). The van der Waals surface area contributed by atoms with Gasteiger partial charge in [0.1, 0.15) is 0 Å². The van der Waals surface area contributed by atoms with Gasteiger partial charge in [0, 0.05) is 24.9 Å². The lowest BCUT2D eigenvalue weighted by molar-refractivity contribution is 0.817. The van der Waals surface area contributed by atoms with E-state index < -0.39 is 0 Å². The van der Waals surface area contributed by atoms with Crippen molar-refractivity contribution in [2.24, 2.45) is 0 Å². The highest BCUT2D eigenvalue weighted by atomic mass is 14.8. The highest BCUT2D eigenvalue weighted by Gasteiger charge is 1.97. The maximum atomic E-state index is 4.32. The van der Waals surface area contributed by atoms with Crippen molar-refractivity contribution in [3.8, 4) is 0 Å². The Kier molecular flexibility index (Phi) is 3.67. The molecule has 0 radical (unpaired) electrons. The third kappa shape index (κ3) is 2.91. The molecule has 0 spiro atoms. The van der Waals surface area contributed by atoms with Crippen LogP contribution in [0.5, 0.6) is 0 Å². The van der Waals surface area contributed by atoms with Gasteiger partial charge in [-0.15, -0.1) is 0 Å². The topological polar surface area (TPSA) is 24.9 Å². The van der Waals surface area contributed by atoms with Crippen LogP contribution in [0.15, 0.2) is 48.7 Å². The van der Waals surface area contributed by atoms with Crippen molar-refractivity contribution in [3.63, 3.8) is 0 Å². The predicted octanol–water partition coefficient (Wildman–Crippen LogP) is 2.39. The number of rotatable bonds is 4. The smallest absolute Gasteiger partial charge is 0.0447 e. The van der Waals surface area contributed by atoms with Gasteiger partial charge in [0.2, 0.25) is 0 Å². The van der Waals surface area contributed by atoms with Crippen LogP contribution in [0, 0.1) is 0 Å². The Balaban J connectivity index is 2.05. The molecule has 16 heavy (non-hydrogen) atoms. The number of nitrogens with zero attached hydrogens (tertiary/aromatic N) is 1. The average molecular weight is 212 g/mol. The van der Waals surface area contributed by atoms with E-state index in [0.29, 0.717) is 0 Å². The zero-order valence-electron chi connectivity index (χ0n) is 9.48. The van der Waals surface area contributed by atoms with Gasteiger partial charge < -0.3 is 5.32 Å². The lowest BCUT2D eigenvalue weighted by Crippen LogP contribution is -2.04. The van der Waals surface area contributed by atoms with E-state index in [1.807, 2.05) is 25.4 Å². The molecule has 2 nitrogen and oxygen atoms in total. The predicted molar refractivity (Wildman–Crippen MR) is 66.2 cm³/mol.